The van der Waals surface area contributed by atoms with Gasteiger partial charge in [-0.2, -0.15) is 0 Å². The molecule has 1 aromatic heterocycles. The highest BCUT2D eigenvalue weighted by atomic mass is 32.1. The predicted octanol–water partition coefficient (Wildman–Crippen LogP) is 3.80. The van der Waals surface area contributed by atoms with Crippen LogP contribution in [-0.2, 0) is 13.0 Å². The fraction of sp³-hybridized carbons (Fsp3) is 0.167. The molecule has 6 nitrogen and oxygen atoms in total. The third kappa shape index (κ3) is 4.20. The van der Waals surface area contributed by atoms with E-state index in [0.717, 1.165) is 10.6 Å². The van der Waals surface area contributed by atoms with Crippen molar-refractivity contribution in [1.82, 2.24) is 4.98 Å². The molecule has 0 saturated carbocycles. The summed E-state index contributed by atoms with van der Waals surface area (Å²) < 4.78 is 5.90. The first kappa shape index (κ1) is 17.1. The topological polar surface area (TPSA) is 91.3 Å². The van der Waals surface area contributed by atoms with Gasteiger partial charge in [0.1, 0.15) is 12.4 Å². The lowest BCUT2D eigenvalue weighted by Crippen LogP contribution is -2.02. The first-order valence-corrected chi connectivity index (χ1v) is 8.65. The summed E-state index contributed by atoms with van der Waals surface area (Å²) in [5.74, 6) is 0.569. The van der Waals surface area contributed by atoms with E-state index < -0.39 is 4.92 Å². The minimum absolute atomic E-state index is 0.00966. The van der Waals surface area contributed by atoms with E-state index in [9.17, 15) is 10.1 Å². The number of hydrogen-bond acceptors (Lipinski definition) is 6. The maximum atomic E-state index is 11.1. The second kappa shape index (κ2) is 7.87. The molecule has 0 aliphatic carbocycles. The number of nitrogens with zero attached hydrogens (tertiary/aromatic N) is 2. The quantitative estimate of drug-likeness (QED) is 0.514. The number of benzene rings is 2. The van der Waals surface area contributed by atoms with E-state index in [1.165, 1.54) is 23.5 Å². The third-order valence-corrected chi connectivity index (χ3v) is 4.51. The van der Waals surface area contributed by atoms with E-state index in [1.807, 2.05) is 35.7 Å². The molecular formula is C18H17N3O3S. The van der Waals surface area contributed by atoms with Crippen LogP contribution in [0.25, 0.3) is 11.3 Å². The van der Waals surface area contributed by atoms with Crippen molar-refractivity contribution in [3.8, 4) is 17.0 Å². The van der Waals surface area contributed by atoms with Gasteiger partial charge in [0.05, 0.1) is 15.6 Å². The van der Waals surface area contributed by atoms with Crippen molar-refractivity contribution in [1.29, 1.82) is 0 Å². The summed E-state index contributed by atoms with van der Waals surface area (Å²) in [7, 11) is 0. The van der Waals surface area contributed by atoms with Gasteiger partial charge in [0, 0.05) is 29.5 Å². The second-order valence-corrected chi connectivity index (χ2v) is 6.32. The van der Waals surface area contributed by atoms with E-state index in [4.69, 9.17) is 10.5 Å². The SMILES string of the molecule is NCCc1nc(-c2cc([N+](=O)[O-])ccc2OCc2ccccc2)cs1. The lowest BCUT2D eigenvalue weighted by molar-refractivity contribution is -0.384. The van der Waals surface area contributed by atoms with Crippen molar-refractivity contribution in [2.75, 3.05) is 6.54 Å². The summed E-state index contributed by atoms with van der Waals surface area (Å²) in [5.41, 5.74) is 7.88. The summed E-state index contributed by atoms with van der Waals surface area (Å²) >= 11 is 1.49. The van der Waals surface area contributed by atoms with Gasteiger partial charge < -0.3 is 10.5 Å². The predicted molar refractivity (Wildman–Crippen MR) is 97.7 cm³/mol. The van der Waals surface area contributed by atoms with Gasteiger partial charge in [0.15, 0.2) is 0 Å². The zero-order valence-corrected chi connectivity index (χ0v) is 14.2. The molecule has 0 fully saturated rings. The van der Waals surface area contributed by atoms with Gasteiger partial charge in [-0.3, -0.25) is 10.1 Å². The van der Waals surface area contributed by atoms with Crippen LogP contribution < -0.4 is 10.5 Å². The summed E-state index contributed by atoms with van der Waals surface area (Å²) in [6, 6.07) is 14.3. The molecule has 0 spiro atoms. The minimum Gasteiger partial charge on any atom is -0.488 e. The maximum absolute atomic E-state index is 11.1. The number of aromatic nitrogens is 1. The molecule has 0 amide bonds. The monoisotopic (exact) mass is 355 g/mol. The molecule has 0 aliphatic rings. The van der Waals surface area contributed by atoms with Crippen molar-refractivity contribution in [2.45, 2.75) is 13.0 Å². The Balaban J connectivity index is 1.91. The van der Waals surface area contributed by atoms with Crippen molar-refractivity contribution in [3.63, 3.8) is 0 Å². The summed E-state index contributed by atoms with van der Waals surface area (Å²) in [4.78, 5) is 15.2. The Bertz CT molecular complexity index is 865. The fourth-order valence-corrected chi connectivity index (χ4v) is 3.18. The van der Waals surface area contributed by atoms with Gasteiger partial charge in [-0.05, 0) is 18.2 Å². The Kier molecular flexibility index (Phi) is 5.37. The van der Waals surface area contributed by atoms with E-state index in [2.05, 4.69) is 4.98 Å². The molecule has 0 unspecified atom stereocenters. The Morgan fingerprint density at radius 1 is 1.20 bits per heavy atom. The van der Waals surface area contributed by atoms with Crippen LogP contribution in [0.5, 0.6) is 5.75 Å². The molecule has 128 valence electrons. The highest BCUT2D eigenvalue weighted by Crippen LogP contribution is 2.34. The van der Waals surface area contributed by atoms with Crippen molar-refractivity contribution in [3.05, 3.63) is 74.6 Å². The Hall–Kier alpha value is -2.77. The molecule has 0 atom stereocenters. The first-order valence-electron chi connectivity index (χ1n) is 7.77. The average molecular weight is 355 g/mol. The second-order valence-electron chi connectivity index (χ2n) is 5.38. The molecule has 0 saturated heterocycles. The number of nitro benzene ring substituents is 1. The minimum atomic E-state index is -0.419. The molecule has 7 heteroatoms. The number of ether oxygens (including phenoxy) is 1. The van der Waals surface area contributed by atoms with Crippen LogP contribution in [0.4, 0.5) is 5.69 Å². The Morgan fingerprint density at radius 3 is 2.72 bits per heavy atom. The van der Waals surface area contributed by atoms with Crippen LogP contribution in [0.15, 0.2) is 53.9 Å². The zero-order valence-electron chi connectivity index (χ0n) is 13.4. The molecule has 0 bridgehead atoms. The highest BCUT2D eigenvalue weighted by Gasteiger charge is 2.16. The summed E-state index contributed by atoms with van der Waals surface area (Å²) in [5, 5.41) is 13.9. The Labute approximate surface area is 149 Å². The highest BCUT2D eigenvalue weighted by molar-refractivity contribution is 7.09. The number of nitrogens with two attached hydrogens (primary N) is 1. The van der Waals surface area contributed by atoms with E-state index in [0.29, 0.717) is 36.6 Å². The number of hydrogen-bond donors (Lipinski definition) is 1. The number of nitro groups is 1. The van der Waals surface area contributed by atoms with E-state index in [1.54, 1.807) is 6.07 Å². The van der Waals surface area contributed by atoms with Gasteiger partial charge in [-0.1, -0.05) is 30.3 Å². The molecule has 3 rings (SSSR count). The van der Waals surface area contributed by atoms with Crippen LogP contribution in [0, 0.1) is 10.1 Å². The first-order chi connectivity index (χ1) is 12.2. The van der Waals surface area contributed by atoms with Crippen LogP contribution in [0.3, 0.4) is 0 Å². The normalized spacial score (nSPS) is 10.6. The number of non-ortho nitro benzene ring substituents is 1. The van der Waals surface area contributed by atoms with Gasteiger partial charge in [0.25, 0.3) is 5.69 Å². The van der Waals surface area contributed by atoms with Crippen LogP contribution in [0.2, 0.25) is 0 Å². The van der Waals surface area contributed by atoms with E-state index >= 15 is 0 Å². The van der Waals surface area contributed by atoms with Gasteiger partial charge >= 0.3 is 0 Å². The van der Waals surface area contributed by atoms with Crippen LogP contribution in [-0.4, -0.2) is 16.5 Å². The summed E-state index contributed by atoms with van der Waals surface area (Å²) in [6.45, 7) is 0.894. The molecule has 2 N–H and O–H groups in total. The lowest BCUT2D eigenvalue weighted by Gasteiger charge is -2.10. The molecular weight excluding hydrogens is 338 g/mol. The maximum Gasteiger partial charge on any atom is 0.270 e. The lowest BCUT2D eigenvalue weighted by atomic mass is 10.1. The van der Waals surface area contributed by atoms with E-state index in [-0.39, 0.29) is 5.69 Å². The fourth-order valence-electron chi connectivity index (χ4n) is 2.37. The molecule has 0 radical (unpaired) electrons. The molecule has 25 heavy (non-hydrogen) atoms. The summed E-state index contributed by atoms with van der Waals surface area (Å²) in [6.07, 6.45) is 0.680. The molecule has 0 aliphatic heterocycles. The molecule has 1 heterocycles. The third-order valence-electron chi connectivity index (χ3n) is 3.60. The molecule has 3 aromatic rings. The zero-order chi connectivity index (χ0) is 17.6. The van der Waals surface area contributed by atoms with Crippen molar-refractivity contribution < 1.29 is 9.66 Å². The van der Waals surface area contributed by atoms with Crippen LogP contribution >= 0.6 is 11.3 Å². The Morgan fingerprint density at radius 2 is 2.00 bits per heavy atom. The average Bonchev–Trinajstić information content (AvgIpc) is 3.09. The smallest absolute Gasteiger partial charge is 0.270 e. The van der Waals surface area contributed by atoms with Gasteiger partial charge in [0.2, 0.25) is 0 Å². The molecule has 2 aromatic carbocycles. The van der Waals surface area contributed by atoms with Crippen LogP contribution in [0.1, 0.15) is 10.6 Å². The van der Waals surface area contributed by atoms with Gasteiger partial charge in [-0.15, -0.1) is 11.3 Å². The number of rotatable bonds is 7. The van der Waals surface area contributed by atoms with Crippen molar-refractivity contribution >= 4 is 17.0 Å². The largest absolute Gasteiger partial charge is 0.488 e. The van der Waals surface area contributed by atoms with Gasteiger partial charge in [-0.25, -0.2) is 4.98 Å². The standard InChI is InChI=1S/C18H17N3O3S/c19-9-8-18-20-16(12-25-18)15-10-14(21(22)23)6-7-17(15)24-11-13-4-2-1-3-5-13/h1-7,10,12H,8-9,11,19H2. The van der Waals surface area contributed by atoms with Crippen molar-refractivity contribution in [2.24, 2.45) is 5.73 Å². The number of thiazole rings is 1.